The first-order valence-corrected chi connectivity index (χ1v) is 22.7. The maximum Gasteiger partial charge on any atom is 0.132 e. The number of hydrogen-bond acceptors (Lipinski definition) is 3. The van der Waals surface area contributed by atoms with E-state index in [1.54, 1.807) is 0 Å². The number of rotatable bonds is 6. The van der Waals surface area contributed by atoms with Crippen molar-refractivity contribution in [3.63, 3.8) is 0 Å². The topological polar surface area (TPSA) is 17.4 Å². The van der Waals surface area contributed by atoms with E-state index in [1.165, 1.54) is 64.1 Å². The molecule has 0 fully saturated rings. The summed E-state index contributed by atoms with van der Waals surface area (Å²) in [6.07, 6.45) is 8.32. The Morgan fingerprint density at radius 1 is 0.562 bits per heavy atom. The van der Waals surface area contributed by atoms with Gasteiger partial charge in [-0.3, -0.25) is 0 Å². The van der Waals surface area contributed by atoms with Gasteiger partial charge in [0.15, 0.2) is 0 Å². The molecule has 64 heavy (non-hydrogen) atoms. The Kier molecular flexibility index (Phi) is 8.06. The Bertz CT molecular complexity index is 3780. The van der Waals surface area contributed by atoms with Gasteiger partial charge in [0.05, 0.1) is 22.1 Å². The van der Waals surface area contributed by atoms with Gasteiger partial charge in [-0.2, -0.15) is 0 Å². The van der Waals surface area contributed by atoms with Gasteiger partial charge in [-0.05, 0) is 101 Å². The van der Waals surface area contributed by atoms with Gasteiger partial charge in [0.2, 0.25) is 0 Å². The van der Waals surface area contributed by atoms with Crippen LogP contribution in [-0.4, -0.2) is 4.57 Å². The fourth-order valence-corrected chi connectivity index (χ4v) is 12.1. The van der Waals surface area contributed by atoms with Crippen LogP contribution in [0.25, 0.3) is 69.6 Å². The Labute approximate surface area is 375 Å². The number of fused-ring (bicyclic) bond motifs is 14. The van der Waals surface area contributed by atoms with E-state index in [-0.39, 0.29) is 0 Å². The summed E-state index contributed by atoms with van der Waals surface area (Å²) in [6, 6.07) is 69.1. The number of allylic oxidation sites excluding steroid dienone is 4. The van der Waals surface area contributed by atoms with Gasteiger partial charge in [0.1, 0.15) is 11.5 Å². The van der Waals surface area contributed by atoms with Crippen molar-refractivity contribution >= 4 is 75.5 Å². The van der Waals surface area contributed by atoms with Crippen LogP contribution in [0.1, 0.15) is 29.2 Å². The van der Waals surface area contributed by atoms with Crippen molar-refractivity contribution in [3.05, 3.63) is 247 Å². The molecule has 0 bridgehead atoms. The number of benzene rings is 9. The quantitative estimate of drug-likeness (QED) is 0.155. The zero-order chi connectivity index (χ0) is 42.5. The Morgan fingerprint density at radius 2 is 1.22 bits per heavy atom. The molecule has 0 saturated carbocycles. The largest absolute Gasteiger partial charge is 0.457 e. The van der Waals surface area contributed by atoms with Crippen LogP contribution in [0.15, 0.2) is 225 Å². The van der Waals surface area contributed by atoms with Gasteiger partial charge >= 0.3 is 0 Å². The van der Waals surface area contributed by atoms with Gasteiger partial charge in [-0.25, -0.2) is 0 Å². The molecule has 11 aromatic rings. The zero-order valence-corrected chi connectivity index (χ0v) is 35.9. The van der Waals surface area contributed by atoms with Gasteiger partial charge < -0.3 is 14.2 Å². The summed E-state index contributed by atoms with van der Waals surface area (Å²) < 4.78 is 11.7. The van der Waals surface area contributed by atoms with Crippen molar-refractivity contribution in [3.8, 4) is 28.3 Å². The van der Waals surface area contributed by atoms with Crippen LogP contribution >= 0.6 is 11.3 Å². The van der Waals surface area contributed by atoms with Gasteiger partial charge in [-0.15, -0.1) is 11.3 Å². The maximum absolute atomic E-state index is 6.71. The summed E-state index contributed by atoms with van der Waals surface area (Å²) in [4.78, 5) is 2.39. The summed E-state index contributed by atoms with van der Waals surface area (Å²) in [5, 5.41) is 7.43. The number of aromatic nitrogens is 1. The molecule has 4 heteroatoms. The standard InChI is InChI=1S/C60H40N2OS/c1-3-5-17-38(4-2)61(39-30-32-43-42-19-7-12-26-52(42)62(54(43)36-39)40-31-33-45-44-20-8-15-29-57(44)64-58(45)37-40)53-35-34-46-41-18-6-9-22-48(41)60(51-25-16-21-47(53)59(46)51)49-23-10-13-27-55(49)63-56-28-14-11-24-50(56)60/h3-37H,2H2,1H3/b5-3-,38-17+. The van der Waals surface area contributed by atoms with E-state index in [2.05, 4.69) is 229 Å². The Balaban J connectivity index is 1.09. The average molecular weight is 837 g/mol. The lowest BCUT2D eigenvalue weighted by molar-refractivity contribution is 0.435. The number of anilines is 2. The molecule has 1 aliphatic carbocycles. The molecule has 13 rings (SSSR count). The number of nitrogens with zero attached hydrogens (tertiary/aromatic N) is 2. The van der Waals surface area contributed by atoms with E-state index in [0.29, 0.717) is 0 Å². The highest BCUT2D eigenvalue weighted by Crippen LogP contribution is 2.61. The number of hydrogen-bond donors (Lipinski definition) is 0. The summed E-state index contributed by atoms with van der Waals surface area (Å²) in [6.45, 7) is 6.48. The molecular formula is C60H40N2OS. The molecule has 3 heterocycles. The van der Waals surface area contributed by atoms with Gasteiger partial charge in [-0.1, -0.05) is 152 Å². The molecule has 0 unspecified atom stereocenters. The maximum atomic E-state index is 6.71. The van der Waals surface area contributed by atoms with E-state index in [0.717, 1.165) is 56.3 Å². The smallest absolute Gasteiger partial charge is 0.132 e. The molecule has 9 aromatic carbocycles. The molecule has 0 radical (unpaired) electrons. The normalized spacial score (nSPS) is 13.7. The lowest BCUT2D eigenvalue weighted by Crippen LogP contribution is -2.36. The van der Waals surface area contributed by atoms with Crippen molar-refractivity contribution < 1.29 is 4.74 Å². The molecule has 2 aromatic heterocycles. The average Bonchev–Trinajstić information content (AvgIpc) is 3.89. The SMILES string of the molecule is C=C/C(=C\C=C/C)N(c1ccc2c3ccccc3n(-c3ccc4c(c3)sc3ccccc34)c2c1)c1ccc2c3c(cccc13)C1(c3ccccc3Oc3ccccc31)c1ccccc1-2. The molecule has 0 atom stereocenters. The molecule has 0 N–H and O–H groups in total. The highest BCUT2D eigenvalue weighted by molar-refractivity contribution is 7.25. The van der Waals surface area contributed by atoms with E-state index < -0.39 is 5.41 Å². The molecule has 1 aliphatic heterocycles. The minimum Gasteiger partial charge on any atom is -0.457 e. The third-order valence-electron chi connectivity index (χ3n) is 13.5. The summed E-state index contributed by atoms with van der Waals surface area (Å²) in [7, 11) is 0. The first-order chi connectivity index (χ1) is 31.7. The fraction of sp³-hybridized carbons (Fsp3) is 0.0333. The fourth-order valence-electron chi connectivity index (χ4n) is 11.0. The predicted octanol–water partition coefficient (Wildman–Crippen LogP) is 16.6. The number of thiophene rings is 1. The first kappa shape index (κ1) is 36.7. The summed E-state index contributed by atoms with van der Waals surface area (Å²) in [5.41, 5.74) is 13.2. The van der Waals surface area contributed by atoms with Crippen LogP contribution in [-0.2, 0) is 5.41 Å². The van der Waals surface area contributed by atoms with Gasteiger partial charge in [0.25, 0.3) is 0 Å². The lowest BCUT2D eigenvalue weighted by atomic mass is 9.58. The minimum atomic E-state index is -0.616. The molecule has 0 saturated heterocycles. The van der Waals surface area contributed by atoms with Crippen molar-refractivity contribution in [2.24, 2.45) is 0 Å². The third kappa shape index (κ3) is 5.03. The second kappa shape index (κ2) is 14.0. The van der Waals surface area contributed by atoms with Crippen molar-refractivity contribution in [1.82, 2.24) is 4.57 Å². The number of para-hydroxylation sites is 3. The van der Waals surface area contributed by atoms with Crippen molar-refractivity contribution in [1.29, 1.82) is 0 Å². The van der Waals surface area contributed by atoms with E-state index in [4.69, 9.17) is 4.74 Å². The van der Waals surface area contributed by atoms with Crippen LogP contribution in [0.4, 0.5) is 11.4 Å². The van der Waals surface area contributed by atoms with E-state index >= 15 is 0 Å². The molecule has 2 aliphatic rings. The Morgan fingerprint density at radius 3 is 2.03 bits per heavy atom. The molecule has 302 valence electrons. The number of ether oxygens (including phenoxy) is 1. The first-order valence-electron chi connectivity index (χ1n) is 21.9. The van der Waals surface area contributed by atoms with E-state index in [1.807, 2.05) is 17.4 Å². The van der Waals surface area contributed by atoms with Crippen LogP contribution in [0, 0.1) is 0 Å². The summed E-state index contributed by atoms with van der Waals surface area (Å²) >= 11 is 1.86. The Hall–Kier alpha value is -7.92. The molecule has 3 nitrogen and oxygen atoms in total. The minimum absolute atomic E-state index is 0.616. The molecule has 0 amide bonds. The van der Waals surface area contributed by atoms with Crippen LogP contribution < -0.4 is 9.64 Å². The molecular weight excluding hydrogens is 797 g/mol. The van der Waals surface area contributed by atoms with E-state index in [9.17, 15) is 0 Å². The highest BCUT2D eigenvalue weighted by Gasteiger charge is 2.49. The second-order valence-electron chi connectivity index (χ2n) is 16.7. The highest BCUT2D eigenvalue weighted by atomic mass is 32.1. The molecule has 1 spiro atoms. The third-order valence-corrected chi connectivity index (χ3v) is 14.7. The van der Waals surface area contributed by atoms with Crippen LogP contribution in [0.5, 0.6) is 11.5 Å². The van der Waals surface area contributed by atoms with Crippen molar-refractivity contribution in [2.75, 3.05) is 4.90 Å². The summed E-state index contributed by atoms with van der Waals surface area (Å²) in [5.74, 6) is 1.76. The monoisotopic (exact) mass is 836 g/mol. The zero-order valence-electron chi connectivity index (χ0n) is 35.1. The van der Waals surface area contributed by atoms with Crippen molar-refractivity contribution in [2.45, 2.75) is 12.3 Å². The van der Waals surface area contributed by atoms with Crippen LogP contribution in [0.2, 0.25) is 0 Å². The van der Waals surface area contributed by atoms with Crippen LogP contribution in [0.3, 0.4) is 0 Å². The predicted molar refractivity (Wildman–Crippen MR) is 270 cm³/mol. The van der Waals surface area contributed by atoms with Gasteiger partial charge in [0, 0.05) is 64.5 Å². The second-order valence-corrected chi connectivity index (χ2v) is 17.8. The lowest BCUT2D eigenvalue weighted by Gasteiger charge is -2.45.